The number of hydrogen-bond acceptors (Lipinski definition) is 2. The Labute approximate surface area is 82.9 Å². The number of nitrogens with two attached hydrogens (primary N) is 1. The van der Waals surface area contributed by atoms with Gasteiger partial charge in [-0.3, -0.25) is 4.79 Å². The molecule has 0 saturated heterocycles. The number of rotatable bonds is 5. The van der Waals surface area contributed by atoms with Crippen LogP contribution in [0.3, 0.4) is 0 Å². The van der Waals surface area contributed by atoms with Crippen LogP contribution in [0.5, 0.6) is 0 Å². The fraction of sp³-hybridized carbons (Fsp3) is 0.273. The van der Waals surface area contributed by atoms with E-state index in [1.807, 2.05) is 12.1 Å². The second-order valence-electron chi connectivity index (χ2n) is 3.08. The van der Waals surface area contributed by atoms with E-state index in [0.29, 0.717) is 12.0 Å². The summed E-state index contributed by atoms with van der Waals surface area (Å²) in [6, 6.07) is 7.22. The first-order valence-electron chi connectivity index (χ1n) is 4.57. The molecule has 0 atom stereocenters. The molecule has 0 aliphatic heterocycles. The Balaban J connectivity index is 2.74. The predicted molar refractivity (Wildman–Crippen MR) is 54.0 cm³/mol. The van der Waals surface area contributed by atoms with E-state index in [9.17, 15) is 9.59 Å². The Morgan fingerprint density at radius 2 is 2.07 bits per heavy atom. The number of carbonyl (C=O) groups excluding carboxylic acids is 2. The van der Waals surface area contributed by atoms with E-state index in [0.717, 1.165) is 24.7 Å². The number of amides is 1. The van der Waals surface area contributed by atoms with Crippen LogP contribution in [0.1, 0.15) is 28.8 Å². The van der Waals surface area contributed by atoms with E-state index < -0.39 is 5.91 Å². The smallest absolute Gasteiger partial charge is 0.248 e. The minimum atomic E-state index is -0.410. The lowest BCUT2D eigenvalue weighted by molar-refractivity contribution is -0.107. The lowest BCUT2D eigenvalue weighted by Gasteiger charge is -2.04. The van der Waals surface area contributed by atoms with Crippen LogP contribution in [0.25, 0.3) is 0 Å². The van der Waals surface area contributed by atoms with Crippen LogP contribution >= 0.6 is 0 Å². The lowest BCUT2D eigenvalue weighted by atomic mass is 10.0. The summed E-state index contributed by atoms with van der Waals surface area (Å²) in [5, 5.41) is 0. The van der Waals surface area contributed by atoms with Gasteiger partial charge in [-0.2, -0.15) is 0 Å². The van der Waals surface area contributed by atoms with Crippen molar-refractivity contribution in [1.82, 2.24) is 0 Å². The fourth-order valence-electron chi connectivity index (χ4n) is 1.35. The summed E-state index contributed by atoms with van der Waals surface area (Å²) < 4.78 is 0. The lowest BCUT2D eigenvalue weighted by Crippen LogP contribution is -2.13. The first kappa shape index (κ1) is 10.4. The maximum absolute atomic E-state index is 11.0. The number of benzene rings is 1. The summed E-state index contributed by atoms with van der Waals surface area (Å²) in [5.41, 5.74) is 6.68. The van der Waals surface area contributed by atoms with Gasteiger partial charge in [0.25, 0.3) is 0 Å². The molecular weight excluding hydrogens is 178 g/mol. The van der Waals surface area contributed by atoms with Crippen molar-refractivity contribution in [2.75, 3.05) is 0 Å². The van der Waals surface area contributed by atoms with Crippen molar-refractivity contribution in [3.05, 3.63) is 35.4 Å². The molecule has 74 valence electrons. The Morgan fingerprint density at radius 3 is 2.71 bits per heavy atom. The van der Waals surface area contributed by atoms with Gasteiger partial charge < -0.3 is 10.5 Å². The minimum Gasteiger partial charge on any atom is -0.366 e. The highest BCUT2D eigenvalue weighted by molar-refractivity contribution is 5.94. The number of aldehydes is 1. The van der Waals surface area contributed by atoms with Gasteiger partial charge in [-0.1, -0.05) is 18.2 Å². The van der Waals surface area contributed by atoms with Gasteiger partial charge in [-0.05, 0) is 24.5 Å². The third-order valence-corrected chi connectivity index (χ3v) is 2.05. The summed E-state index contributed by atoms with van der Waals surface area (Å²) in [6.45, 7) is 0. The molecule has 1 aromatic carbocycles. The predicted octanol–water partition coefficient (Wildman–Crippen LogP) is 1.31. The maximum Gasteiger partial charge on any atom is 0.248 e. The van der Waals surface area contributed by atoms with Crippen LogP contribution < -0.4 is 5.73 Å². The molecule has 0 aliphatic rings. The molecule has 0 unspecified atom stereocenters. The van der Waals surface area contributed by atoms with Gasteiger partial charge in [0.05, 0.1) is 0 Å². The summed E-state index contributed by atoms with van der Waals surface area (Å²) in [7, 11) is 0. The molecule has 0 aromatic heterocycles. The molecule has 2 N–H and O–H groups in total. The van der Waals surface area contributed by atoms with Gasteiger partial charge in [0.1, 0.15) is 6.29 Å². The van der Waals surface area contributed by atoms with Crippen molar-refractivity contribution in [2.45, 2.75) is 19.3 Å². The number of carbonyl (C=O) groups is 2. The van der Waals surface area contributed by atoms with Gasteiger partial charge in [0.2, 0.25) is 5.91 Å². The van der Waals surface area contributed by atoms with E-state index in [1.165, 1.54) is 0 Å². The average molecular weight is 191 g/mol. The molecule has 0 spiro atoms. The fourth-order valence-corrected chi connectivity index (χ4v) is 1.35. The number of hydrogen-bond donors (Lipinski definition) is 1. The number of aryl methyl sites for hydroxylation is 1. The van der Waals surface area contributed by atoms with Crippen LogP contribution in [0.2, 0.25) is 0 Å². The molecule has 0 bridgehead atoms. The van der Waals surface area contributed by atoms with Gasteiger partial charge >= 0.3 is 0 Å². The zero-order valence-electron chi connectivity index (χ0n) is 7.90. The number of primary amides is 1. The second-order valence-corrected chi connectivity index (χ2v) is 3.08. The zero-order chi connectivity index (χ0) is 10.4. The van der Waals surface area contributed by atoms with E-state index in [1.54, 1.807) is 12.1 Å². The third kappa shape index (κ3) is 2.69. The molecule has 0 aliphatic carbocycles. The Bertz CT molecular complexity index is 334. The van der Waals surface area contributed by atoms with Crippen LogP contribution in [0, 0.1) is 0 Å². The van der Waals surface area contributed by atoms with Gasteiger partial charge in [-0.25, -0.2) is 0 Å². The second kappa shape index (κ2) is 5.17. The highest BCUT2D eigenvalue weighted by Crippen LogP contribution is 2.10. The Hall–Kier alpha value is -1.64. The molecule has 0 radical (unpaired) electrons. The molecule has 1 rings (SSSR count). The topological polar surface area (TPSA) is 60.2 Å². The summed E-state index contributed by atoms with van der Waals surface area (Å²) in [4.78, 5) is 21.1. The Kier molecular flexibility index (Phi) is 3.85. The molecule has 3 heteroatoms. The summed E-state index contributed by atoms with van der Waals surface area (Å²) in [5.74, 6) is -0.410. The minimum absolute atomic E-state index is 0.410. The molecule has 1 aromatic rings. The van der Waals surface area contributed by atoms with E-state index >= 15 is 0 Å². The molecule has 0 heterocycles. The quantitative estimate of drug-likeness (QED) is 0.563. The van der Waals surface area contributed by atoms with Crippen LogP contribution in [-0.4, -0.2) is 12.2 Å². The third-order valence-electron chi connectivity index (χ3n) is 2.05. The SMILES string of the molecule is NC(=O)c1ccccc1CCCC=O. The molecule has 0 fully saturated rings. The van der Waals surface area contributed by atoms with E-state index in [2.05, 4.69) is 0 Å². The molecule has 1 amide bonds. The first-order valence-corrected chi connectivity index (χ1v) is 4.57. The van der Waals surface area contributed by atoms with Crippen molar-refractivity contribution in [3.63, 3.8) is 0 Å². The van der Waals surface area contributed by atoms with Gasteiger partial charge in [0, 0.05) is 12.0 Å². The van der Waals surface area contributed by atoms with Crippen LogP contribution in [0.15, 0.2) is 24.3 Å². The summed E-state index contributed by atoms with van der Waals surface area (Å²) in [6.07, 6.45) is 2.88. The van der Waals surface area contributed by atoms with Crippen molar-refractivity contribution in [3.8, 4) is 0 Å². The van der Waals surface area contributed by atoms with Crippen molar-refractivity contribution in [2.24, 2.45) is 5.73 Å². The zero-order valence-corrected chi connectivity index (χ0v) is 7.90. The van der Waals surface area contributed by atoms with Crippen molar-refractivity contribution >= 4 is 12.2 Å². The first-order chi connectivity index (χ1) is 6.75. The van der Waals surface area contributed by atoms with E-state index in [-0.39, 0.29) is 0 Å². The largest absolute Gasteiger partial charge is 0.366 e. The normalized spacial score (nSPS) is 9.71. The van der Waals surface area contributed by atoms with Crippen LogP contribution in [0.4, 0.5) is 0 Å². The van der Waals surface area contributed by atoms with Crippen molar-refractivity contribution in [1.29, 1.82) is 0 Å². The maximum atomic E-state index is 11.0. The monoisotopic (exact) mass is 191 g/mol. The number of unbranched alkanes of at least 4 members (excludes halogenated alkanes) is 1. The molecule has 0 saturated carbocycles. The standard InChI is InChI=1S/C11H13NO2/c12-11(14)10-7-2-1-5-9(10)6-3-4-8-13/h1-2,5,7-8H,3-4,6H2,(H2,12,14). The molecule has 3 nitrogen and oxygen atoms in total. The van der Waals surface area contributed by atoms with Crippen molar-refractivity contribution < 1.29 is 9.59 Å². The summed E-state index contributed by atoms with van der Waals surface area (Å²) >= 11 is 0. The molecule has 14 heavy (non-hydrogen) atoms. The van der Waals surface area contributed by atoms with Gasteiger partial charge in [0.15, 0.2) is 0 Å². The van der Waals surface area contributed by atoms with Crippen LogP contribution in [-0.2, 0) is 11.2 Å². The highest BCUT2D eigenvalue weighted by Gasteiger charge is 2.05. The van der Waals surface area contributed by atoms with Gasteiger partial charge in [-0.15, -0.1) is 0 Å². The average Bonchev–Trinajstić information content (AvgIpc) is 2.19. The highest BCUT2D eigenvalue weighted by atomic mass is 16.1. The Morgan fingerprint density at radius 1 is 1.36 bits per heavy atom. The van der Waals surface area contributed by atoms with E-state index in [4.69, 9.17) is 5.73 Å². The molecular formula is C11H13NO2.